The molecule has 1 aliphatic heterocycles. The van der Waals surface area contributed by atoms with Crippen LogP contribution in [0.25, 0.3) is 0 Å². The molecule has 0 aromatic carbocycles. The second-order valence-electron chi connectivity index (χ2n) is 4.16. The first-order valence-corrected chi connectivity index (χ1v) is 5.70. The molecule has 1 heterocycles. The lowest BCUT2D eigenvalue weighted by Gasteiger charge is -2.26. The molecule has 8 heteroatoms. The summed E-state index contributed by atoms with van der Waals surface area (Å²) in [7, 11) is 0. The van der Waals surface area contributed by atoms with Gasteiger partial charge in [0.15, 0.2) is 0 Å². The molecule has 18 heavy (non-hydrogen) atoms. The highest BCUT2D eigenvalue weighted by Crippen LogP contribution is 2.23. The molecule has 2 N–H and O–H groups in total. The Morgan fingerprint density at radius 1 is 1.28 bits per heavy atom. The maximum absolute atomic E-state index is 12.2. The third-order valence-corrected chi connectivity index (χ3v) is 2.85. The summed E-state index contributed by atoms with van der Waals surface area (Å²) in [5.74, 6) is -0.589. The van der Waals surface area contributed by atoms with Crippen molar-refractivity contribution in [1.29, 1.82) is 0 Å². The molecule has 1 fully saturated rings. The summed E-state index contributed by atoms with van der Waals surface area (Å²) in [6, 6.07) is -0.674. The lowest BCUT2D eigenvalue weighted by atomic mass is 10.2. The number of hydrogen-bond acceptors (Lipinski definition) is 4. The van der Waals surface area contributed by atoms with Gasteiger partial charge in [0.05, 0.1) is 19.3 Å². The summed E-state index contributed by atoms with van der Waals surface area (Å²) in [6.45, 7) is -1.27. The van der Waals surface area contributed by atoms with Crippen molar-refractivity contribution in [1.82, 2.24) is 9.80 Å². The fraction of sp³-hybridized carbons (Fsp3) is 0.900. The largest absolute Gasteiger partial charge is 0.406 e. The summed E-state index contributed by atoms with van der Waals surface area (Å²) >= 11 is 0. The number of alkyl halides is 3. The predicted molar refractivity (Wildman–Crippen MR) is 56.8 cm³/mol. The number of halogens is 3. The van der Waals surface area contributed by atoms with E-state index in [0.29, 0.717) is 0 Å². The second kappa shape index (κ2) is 6.35. The highest BCUT2D eigenvalue weighted by molar-refractivity contribution is 5.84. The van der Waals surface area contributed by atoms with Gasteiger partial charge in [0, 0.05) is 19.6 Å². The van der Waals surface area contributed by atoms with E-state index in [-0.39, 0.29) is 39.3 Å². The van der Waals surface area contributed by atoms with E-state index < -0.39 is 24.7 Å². The van der Waals surface area contributed by atoms with Crippen LogP contribution >= 0.6 is 0 Å². The van der Waals surface area contributed by atoms with Crippen molar-refractivity contribution in [2.45, 2.75) is 18.6 Å². The van der Waals surface area contributed by atoms with E-state index in [1.807, 2.05) is 0 Å². The molecular weight excluding hydrogens is 253 g/mol. The summed E-state index contributed by atoms with van der Waals surface area (Å²) in [5.41, 5.74) is 0. The van der Waals surface area contributed by atoms with E-state index in [2.05, 4.69) is 0 Å². The lowest BCUT2D eigenvalue weighted by molar-refractivity contribution is -0.159. The Hall–Kier alpha value is -0.860. The molecule has 0 aromatic rings. The van der Waals surface area contributed by atoms with Gasteiger partial charge in [-0.3, -0.25) is 9.69 Å². The zero-order chi connectivity index (χ0) is 13.8. The smallest absolute Gasteiger partial charge is 0.395 e. The molecule has 0 aliphatic carbocycles. The van der Waals surface area contributed by atoms with Crippen LogP contribution in [0.3, 0.4) is 0 Å². The summed E-state index contributed by atoms with van der Waals surface area (Å²) in [4.78, 5) is 14.1. The van der Waals surface area contributed by atoms with Gasteiger partial charge in [-0.05, 0) is 6.42 Å². The van der Waals surface area contributed by atoms with Crippen molar-refractivity contribution in [2.75, 3.05) is 39.4 Å². The average Bonchev–Trinajstić information content (AvgIpc) is 2.58. The molecule has 1 saturated heterocycles. The van der Waals surface area contributed by atoms with Gasteiger partial charge in [0.2, 0.25) is 5.91 Å². The molecule has 5 nitrogen and oxygen atoms in total. The van der Waals surface area contributed by atoms with Crippen LogP contribution in [-0.2, 0) is 4.79 Å². The van der Waals surface area contributed by atoms with Gasteiger partial charge in [0.25, 0.3) is 0 Å². The monoisotopic (exact) mass is 270 g/mol. The molecule has 1 atom stereocenters. The first-order chi connectivity index (χ1) is 8.39. The molecule has 0 radical (unpaired) electrons. The Morgan fingerprint density at radius 3 is 2.28 bits per heavy atom. The first kappa shape index (κ1) is 15.2. The van der Waals surface area contributed by atoms with Gasteiger partial charge in [-0.2, -0.15) is 13.2 Å². The molecule has 106 valence electrons. The van der Waals surface area contributed by atoms with Gasteiger partial charge in [-0.25, -0.2) is 0 Å². The molecule has 1 amide bonds. The van der Waals surface area contributed by atoms with Crippen LogP contribution in [0.4, 0.5) is 13.2 Å². The Labute approximate surface area is 103 Å². The third-order valence-electron chi connectivity index (χ3n) is 2.85. The van der Waals surface area contributed by atoms with Gasteiger partial charge < -0.3 is 15.1 Å². The molecule has 0 aromatic heterocycles. The van der Waals surface area contributed by atoms with Gasteiger partial charge in [-0.1, -0.05) is 0 Å². The van der Waals surface area contributed by atoms with Gasteiger partial charge in [-0.15, -0.1) is 0 Å². The summed E-state index contributed by atoms with van der Waals surface area (Å²) < 4.78 is 36.7. The molecule has 1 unspecified atom stereocenters. The van der Waals surface area contributed by atoms with Crippen LogP contribution in [0.5, 0.6) is 0 Å². The van der Waals surface area contributed by atoms with Crippen molar-refractivity contribution in [2.24, 2.45) is 0 Å². The fourth-order valence-electron chi connectivity index (χ4n) is 2.12. The zero-order valence-electron chi connectivity index (χ0n) is 9.86. The number of nitrogens with zero attached hydrogens (tertiary/aromatic N) is 2. The van der Waals surface area contributed by atoms with Crippen LogP contribution in [0.2, 0.25) is 0 Å². The van der Waals surface area contributed by atoms with Crippen molar-refractivity contribution in [3.8, 4) is 0 Å². The quantitative estimate of drug-likeness (QED) is 0.679. The molecule has 1 aliphatic rings. The van der Waals surface area contributed by atoms with Crippen LogP contribution in [0, 0.1) is 0 Å². The SMILES string of the molecule is O=C1C(N(CCO)CCO)CCN1CC(F)(F)F. The van der Waals surface area contributed by atoms with Crippen molar-refractivity contribution >= 4 is 5.91 Å². The molecular formula is C10H17F3N2O3. The van der Waals surface area contributed by atoms with E-state index in [1.165, 1.54) is 4.90 Å². The minimum absolute atomic E-state index is 0.0520. The highest BCUT2D eigenvalue weighted by Gasteiger charge is 2.41. The number of aliphatic hydroxyl groups is 2. The molecule has 0 spiro atoms. The topological polar surface area (TPSA) is 64.0 Å². The number of amides is 1. The lowest BCUT2D eigenvalue weighted by Crippen LogP contribution is -2.46. The average molecular weight is 270 g/mol. The maximum atomic E-state index is 12.2. The number of carbonyl (C=O) groups is 1. The Morgan fingerprint density at radius 2 is 1.83 bits per heavy atom. The van der Waals surface area contributed by atoms with Crippen molar-refractivity contribution in [3.05, 3.63) is 0 Å². The minimum atomic E-state index is -4.40. The zero-order valence-corrected chi connectivity index (χ0v) is 9.86. The third kappa shape index (κ3) is 4.11. The summed E-state index contributed by atoms with van der Waals surface area (Å²) in [5, 5.41) is 17.7. The fourth-order valence-corrected chi connectivity index (χ4v) is 2.12. The van der Waals surface area contributed by atoms with Crippen LogP contribution < -0.4 is 0 Å². The van der Waals surface area contributed by atoms with Crippen molar-refractivity contribution in [3.63, 3.8) is 0 Å². The van der Waals surface area contributed by atoms with Crippen LogP contribution in [0.1, 0.15) is 6.42 Å². The van der Waals surface area contributed by atoms with E-state index in [0.717, 1.165) is 4.90 Å². The van der Waals surface area contributed by atoms with Gasteiger partial charge in [0.1, 0.15) is 6.54 Å². The Kier molecular flexibility index (Phi) is 5.36. The molecule has 0 bridgehead atoms. The Bertz CT molecular complexity index is 280. The maximum Gasteiger partial charge on any atom is 0.406 e. The Balaban J connectivity index is 2.61. The first-order valence-electron chi connectivity index (χ1n) is 5.70. The van der Waals surface area contributed by atoms with Crippen LogP contribution in [-0.4, -0.2) is 77.5 Å². The standard InChI is InChI=1S/C10H17F3N2O3/c11-10(12,13)7-15-2-1-8(9(15)18)14(3-5-16)4-6-17/h8,16-17H,1-7H2. The number of hydrogen-bond donors (Lipinski definition) is 2. The number of aliphatic hydroxyl groups excluding tert-OH is 2. The highest BCUT2D eigenvalue weighted by atomic mass is 19.4. The predicted octanol–water partition coefficient (Wildman–Crippen LogP) is -0.564. The van der Waals surface area contributed by atoms with E-state index in [4.69, 9.17) is 10.2 Å². The molecule has 0 saturated carbocycles. The normalized spacial score (nSPS) is 21.1. The van der Waals surface area contributed by atoms with E-state index in [9.17, 15) is 18.0 Å². The number of rotatable bonds is 6. The second-order valence-corrected chi connectivity index (χ2v) is 4.16. The van der Waals surface area contributed by atoms with Crippen LogP contribution in [0.15, 0.2) is 0 Å². The summed E-state index contributed by atoms with van der Waals surface area (Å²) in [6.07, 6.45) is -4.11. The van der Waals surface area contributed by atoms with Crippen molar-refractivity contribution < 1.29 is 28.2 Å². The number of likely N-dealkylation sites (tertiary alicyclic amines) is 1. The van der Waals surface area contributed by atoms with E-state index >= 15 is 0 Å². The minimum Gasteiger partial charge on any atom is -0.395 e. The van der Waals surface area contributed by atoms with Gasteiger partial charge >= 0.3 is 6.18 Å². The molecule has 1 rings (SSSR count). The van der Waals surface area contributed by atoms with E-state index in [1.54, 1.807) is 0 Å². The number of carbonyl (C=O) groups excluding carboxylic acids is 1.